The van der Waals surface area contributed by atoms with Gasteiger partial charge in [0.25, 0.3) is 5.56 Å². The summed E-state index contributed by atoms with van der Waals surface area (Å²) in [7, 11) is 0. The van der Waals surface area contributed by atoms with Crippen LogP contribution in [0.2, 0.25) is 0 Å². The largest absolute Gasteiger partial charge is 0.416 e. The summed E-state index contributed by atoms with van der Waals surface area (Å²) in [6.45, 7) is 3.15. The smallest absolute Gasteiger partial charge is 0.391 e. The Morgan fingerprint density at radius 3 is 2.61 bits per heavy atom. The second kappa shape index (κ2) is 7.54. The van der Waals surface area contributed by atoms with E-state index in [-0.39, 0.29) is 29.3 Å². The molecular formula is C19H22F3N3O3. The molecule has 3 rings (SSSR count). The molecule has 1 fully saturated rings. The number of aromatic nitrogens is 2. The lowest BCUT2D eigenvalue weighted by atomic mass is 10.0. The minimum absolute atomic E-state index is 0.0837. The number of amides is 1. The fourth-order valence-electron chi connectivity index (χ4n) is 3.52. The van der Waals surface area contributed by atoms with Gasteiger partial charge in [-0.2, -0.15) is 18.3 Å². The molecule has 9 heteroatoms. The lowest BCUT2D eigenvalue weighted by molar-refractivity contribution is -0.137. The molecule has 1 heterocycles. The molecule has 2 aromatic rings. The van der Waals surface area contributed by atoms with Crippen LogP contribution in [-0.4, -0.2) is 32.9 Å². The van der Waals surface area contributed by atoms with Crippen LogP contribution in [0.5, 0.6) is 0 Å². The van der Waals surface area contributed by atoms with Crippen molar-refractivity contribution >= 4 is 16.7 Å². The molecule has 1 aromatic carbocycles. The minimum atomic E-state index is -4.53. The van der Waals surface area contributed by atoms with E-state index >= 15 is 0 Å². The van der Waals surface area contributed by atoms with E-state index in [1.54, 1.807) is 13.8 Å². The number of benzene rings is 1. The molecule has 0 unspecified atom stereocenters. The summed E-state index contributed by atoms with van der Waals surface area (Å²) >= 11 is 0. The third-order valence-electron chi connectivity index (χ3n) is 4.98. The SMILES string of the molecule is CC(C)c1nn(CC(=O)N[C@@H]2CCC[C@H]2O)c(=O)c2ccc(C(F)(F)F)cc12. The molecule has 1 amide bonds. The standard InChI is InChI=1S/C19H22F3N3O3/c1-10(2)17-13-8-11(19(20,21)22)6-7-12(13)18(28)25(24-17)9-16(27)23-14-4-3-5-15(14)26/h6-8,10,14-15,26H,3-5,9H2,1-2H3,(H,23,27)/t14-,15-/m1/s1. The molecule has 2 atom stereocenters. The summed E-state index contributed by atoms with van der Waals surface area (Å²) in [6.07, 6.45) is -3.07. The first-order chi connectivity index (χ1) is 13.1. The Hall–Kier alpha value is -2.42. The van der Waals surface area contributed by atoms with Gasteiger partial charge in [-0.15, -0.1) is 0 Å². The van der Waals surface area contributed by atoms with E-state index in [9.17, 15) is 27.9 Å². The van der Waals surface area contributed by atoms with Crippen LogP contribution in [0.15, 0.2) is 23.0 Å². The van der Waals surface area contributed by atoms with Crippen LogP contribution < -0.4 is 10.9 Å². The molecular weight excluding hydrogens is 375 g/mol. The van der Waals surface area contributed by atoms with Crippen molar-refractivity contribution in [2.75, 3.05) is 0 Å². The van der Waals surface area contributed by atoms with Gasteiger partial charge < -0.3 is 10.4 Å². The molecule has 152 valence electrons. The predicted octanol–water partition coefficient (Wildman–Crippen LogP) is 2.57. The maximum Gasteiger partial charge on any atom is 0.416 e. The van der Waals surface area contributed by atoms with Crippen LogP contribution in [0, 0.1) is 0 Å². The Bertz CT molecular complexity index is 953. The van der Waals surface area contributed by atoms with Gasteiger partial charge in [0.1, 0.15) is 6.54 Å². The highest BCUT2D eigenvalue weighted by Crippen LogP contribution is 2.32. The van der Waals surface area contributed by atoms with Crippen molar-refractivity contribution in [2.24, 2.45) is 0 Å². The number of carbonyl (C=O) groups is 1. The molecule has 2 N–H and O–H groups in total. The number of aliphatic hydroxyl groups excluding tert-OH is 1. The van der Waals surface area contributed by atoms with Crippen molar-refractivity contribution in [3.05, 3.63) is 39.8 Å². The van der Waals surface area contributed by atoms with E-state index in [0.29, 0.717) is 18.5 Å². The highest BCUT2D eigenvalue weighted by Gasteiger charge is 2.31. The first-order valence-corrected chi connectivity index (χ1v) is 9.17. The van der Waals surface area contributed by atoms with E-state index in [0.717, 1.165) is 29.3 Å². The highest BCUT2D eigenvalue weighted by molar-refractivity contribution is 5.85. The van der Waals surface area contributed by atoms with Gasteiger partial charge in [-0.25, -0.2) is 4.68 Å². The van der Waals surface area contributed by atoms with Gasteiger partial charge in [-0.3, -0.25) is 9.59 Å². The Labute approximate surface area is 159 Å². The van der Waals surface area contributed by atoms with Gasteiger partial charge in [0.05, 0.1) is 28.8 Å². The summed E-state index contributed by atoms with van der Waals surface area (Å²) in [5, 5.41) is 16.9. The monoisotopic (exact) mass is 397 g/mol. The average Bonchev–Trinajstić information content (AvgIpc) is 3.00. The number of hydrogen-bond acceptors (Lipinski definition) is 4. The van der Waals surface area contributed by atoms with Crippen LogP contribution in [-0.2, 0) is 17.5 Å². The molecule has 0 aliphatic heterocycles. The van der Waals surface area contributed by atoms with E-state index in [1.807, 2.05) is 0 Å². The minimum Gasteiger partial charge on any atom is -0.391 e. The molecule has 1 saturated carbocycles. The molecule has 1 aliphatic carbocycles. The normalized spacial score (nSPS) is 20.1. The van der Waals surface area contributed by atoms with Gasteiger partial charge in [0.2, 0.25) is 5.91 Å². The Morgan fingerprint density at radius 1 is 1.32 bits per heavy atom. The zero-order valence-electron chi connectivity index (χ0n) is 15.6. The molecule has 0 bridgehead atoms. The number of halogens is 3. The number of rotatable bonds is 4. The van der Waals surface area contributed by atoms with Gasteiger partial charge in [-0.1, -0.05) is 13.8 Å². The molecule has 1 aliphatic rings. The lowest BCUT2D eigenvalue weighted by Gasteiger charge is -2.18. The summed E-state index contributed by atoms with van der Waals surface area (Å²) in [5.74, 6) is -0.723. The van der Waals surface area contributed by atoms with Crippen molar-refractivity contribution in [3.63, 3.8) is 0 Å². The molecule has 28 heavy (non-hydrogen) atoms. The van der Waals surface area contributed by atoms with Gasteiger partial charge in [0.15, 0.2) is 0 Å². The number of alkyl halides is 3. The number of aliphatic hydroxyl groups is 1. The molecule has 1 aromatic heterocycles. The Kier molecular flexibility index (Phi) is 5.47. The lowest BCUT2D eigenvalue weighted by Crippen LogP contribution is -2.43. The summed E-state index contributed by atoms with van der Waals surface area (Å²) in [4.78, 5) is 25.0. The number of carbonyl (C=O) groups excluding carboxylic acids is 1. The number of nitrogens with zero attached hydrogens (tertiary/aromatic N) is 2. The van der Waals surface area contributed by atoms with Gasteiger partial charge >= 0.3 is 6.18 Å². The quantitative estimate of drug-likeness (QED) is 0.831. The van der Waals surface area contributed by atoms with Crippen molar-refractivity contribution in [3.8, 4) is 0 Å². The van der Waals surface area contributed by atoms with E-state index in [1.165, 1.54) is 0 Å². The Balaban J connectivity index is 1.98. The predicted molar refractivity (Wildman–Crippen MR) is 96.9 cm³/mol. The fourth-order valence-corrected chi connectivity index (χ4v) is 3.52. The van der Waals surface area contributed by atoms with E-state index in [4.69, 9.17) is 0 Å². The number of hydrogen-bond donors (Lipinski definition) is 2. The molecule has 0 radical (unpaired) electrons. The first-order valence-electron chi connectivity index (χ1n) is 9.17. The van der Waals surface area contributed by atoms with Crippen LogP contribution in [0.4, 0.5) is 13.2 Å². The summed E-state index contributed by atoms with van der Waals surface area (Å²) in [5.41, 5.74) is -1.17. The third-order valence-corrected chi connectivity index (χ3v) is 4.98. The van der Waals surface area contributed by atoms with Gasteiger partial charge in [0, 0.05) is 5.39 Å². The number of fused-ring (bicyclic) bond motifs is 1. The Morgan fingerprint density at radius 2 is 2.04 bits per heavy atom. The van der Waals surface area contributed by atoms with Crippen molar-refractivity contribution in [2.45, 2.75) is 63.9 Å². The maximum atomic E-state index is 13.0. The zero-order chi connectivity index (χ0) is 20.6. The van der Waals surface area contributed by atoms with Crippen molar-refractivity contribution in [1.82, 2.24) is 15.1 Å². The third kappa shape index (κ3) is 4.04. The number of nitrogens with one attached hydrogen (secondary N) is 1. The van der Waals surface area contributed by atoms with Gasteiger partial charge in [-0.05, 0) is 43.4 Å². The molecule has 0 saturated heterocycles. The maximum absolute atomic E-state index is 13.0. The summed E-state index contributed by atoms with van der Waals surface area (Å²) < 4.78 is 40.1. The highest BCUT2D eigenvalue weighted by atomic mass is 19.4. The van der Waals surface area contributed by atoms with Crippen LogP contribution in [0.1, 0.15) is 50.3 Å². The second-order valence-corrected chi connectivity index (χ2v) is 7.43. The molecule has 0 spiro atoms. The molecule has 6 nitrogen and oxygen atoms in total. The van der Waals surface area contributed by atoms with E-state index < -0.39 is 29.3 Å². The topological polar surface area (TPSA) is 84.2 Å². The van der Waals surface area contributed by atoms with E-state index in [2.05, 4.69) is 10.4 Å². The average molecular weight is 397 g/mol. The second-order valence-electron chi connectivity index (χ2n) is 7.43. The zero-order valence-corrected chi connectivity index (χ0v) is 15.6. The first kappa shape index (κ1) is 20.3. The fraction of sp³-hybridized carbons (Fsp3) is 0.526. The van der Waals surface area contributed by atoms with Crippen LogP contribution in [0.25, 0.3) is 10.8 Å². The van der Waals surface area contributed by atoms with Crippen LogP contribution in [0.3, 0.4) is 0 Å². The summed E-state index contributed by atoms with van der Waals surface area (Å²) in [6, 6.07) is 2.55. The van der Waals surface area contributed by atoms with Crippen molar-refractivity contribution in [1.29, 1.82) is 0 Å². The van der Waals surface area contributed by atoms with Crippen LogP contribution >= 0.6 is 0 Å². The van der Waals surface area contributed by atoms with Crippen molar-refractivity contribution < 1.29 is 23.1 Å².